The van der Waals surface area contributed by atoms with Crippen molar-refractivity contribution in [3.8, 4) is 28.6 Å². The SMILES string of the molecule is CCCc1nc(C)c2c(=O)[nH]c(-c3cc(S(=O)(=O)Nc4ccc(OCCOCc5ccccc5)c(OC)c4)ccc3OCC)nn12. The van der Waals surface area contributed by atoms with Gasteiger partial charge in [-0.25, -0.2) is 17.9 Å². The summed E-state index contributed by atoms with van der Waals surface area (Å²) in [7, 11) is -2.61. The van der Waals surface area contributed by atoms with Crippen LogP contribution in [0.5, 0.6) is 17.2 Å². The van der Waals surface area contributed by atoms with E-state index in [1.165, 1.54) is 29.8 Å². The number of rotatable bonds is 15. The summed E-state index contributed by atoms with van der Waals surface area (Å²) in [5, 5.41) is 4.64. The highest BCUT2D eigenvalue weighted by Gasteiger charge is 2.22. The Bertz CT molecular complexity index is 1970. The quantitative estimate of drug-likeness (QED) is 0.147. The lowest BCUT2D eigenvalue weighted by Crippen LogP contribution is -2.17. The molecule has 2 aromatic heterocycles. The lowest BCUT2D eigenvalue weighted by Gasteiger charge is -2.15. The zero-order chi connectivity index (χ0) is 32.7. The molecule has 0 unspecified atom stereocenters. The van der Waals surface area contributed by atoms with E-state index in [9.17, 15) is 13.2 Å². The van der Waals surface area contributed by atoms with Crippen LogP contribution in [0.15, 0.2) is 76.4 Å². The van der Waals surface area contributed by atoms with E-state index >= 15 is 0 Å². The molecule has 0 saturated carbocycles. The first-order valence-corrected chi connectivity index (χ1v) is 16.4. The molecule has 242 valence electrons. The van der Waals surface area contributed by atoms with Gasteiger partial charge in [-0.05, 0) is 56.2 Å². The molecule has 0 atom stereocenters. The van der Waals surface area contributed by atoms with Crippen LogP contribution in [0.3, 0.4) is 0 Å². The van der Waals surface area contributed by atoms with E-state index in [0.717, 1.165) is 12.0 Å². The first-order valence-electron chi connectivity index (χ1n) is 14.9. The number of methoxy groups -OCH3 is 1. The number of sulfonamides is 1. The number of benzene rings is 3. The lowest BCUT2D eigenvalue weighted by molar-refractivity contribution is 0.0880. The predicted molar refractivity (Wildman–Crippen MR) is 174 cm³/mol. The Labute approximate surface area is 267 Å². The maximum Gasteiger partial charge on any atom is 0.277 e. The Kier molecular flexibility index (Phi) is 10.2. The highest BCUT2D eigenvalue weighted by Crippen LogP contribution is 2.33. The van der Waals surface area contributed by atoms with Crippen LogP contribution in [0.1, 0.15) is 37.4 Å². The number of aryl methyl sites for hydroxylation is 2. The predicted octanol–water partition coefficient (Wildman–Crippen LogP) is 5.15. The number of imidazole rings is 1. The molecule has 0 amide bonds. The number of hydrogen-bond acceptors (Lipinski definition) is 9. The van der Waals surface area contributed by atoms with Gasteiger partial charge in [-0.15, -0.1) is 5.10 Å². The minimum Gasteiger partial charge on any atom is -0.493 e. The zero-order valence-corrected chi connectivity index (χ0v) is 27.0. The van der Waals surface area contributed by atoms with Crippen LogP contribution in [-0.4, -0.2) is 54.9 Å². The molecular formula is C33H37N5O7S. The van der Waals surface area contributed by atoms with Crippen LogP contribution in [0.2, 0.25) is 0 Å². The number of fused-ring (bicyclic) bond motifs is 1. The lowest BCUT2D eigenvalue weighted by atomic mass is 10.2. The molecule has 0 aliphatic carbocycles. The molecule has 0 saturated heterocycles. The molecule has 2 heterocycles. The third-order valence-electron chi connectivity index (χ3n) is 7.05. The van der Waals surface area contributed by atoms with Crippen LogP contribution >= 0.6 is 0 Å². The first-order chi connectivity index (χ1) is 22.2. The van der Waals surface area contributed by atoms with Crippen molar-refractivity contribution in [3.63, 3.8) is 0 Å². The smallest absolute Gasteiger partial charge is 0.277 e. The summed E-state index contributed by atoms with van der Waals surface area (Å²) in [4.78, 5) is 20.3. The van der Waals surface area contributed by atoms with Crippen molar-refractivity contribution in [2.75, 3.05) is 31.7 Å². The highest BCUT2D eigenvalue weighted by atomic mass is 32.2. The molecular weight excluding hydrogens is 610 g/mol. The molecule has 0 fully saturated rings. The summed E-state index contributed by atoms with van der Waals surface area (Å²) in [6, 6.07) is 19.0. The minimum absolute atomic E-state index is 0.0563. The van der Waals surface area contributed by atoms with Crippen molar-refractivity contribution in [2.24, 2.45) is 0 Å². The fourth-order valence-corrected chi connectivity index (χ4v) is 6.00. The van der Waals surface area contributed by atoms with Gasteiger partial charge in [0.2, 0.25) is 0 Å². The Morgan fingerprint density at radius 1 is 0.935 bits per heavy atom. The molecule has 12 nitrogen and oxygen atoms in total. The Hall–Kier alpha value is -4.88. The summed E-state index contributed by atoms with van der Waals surface area (Å²) < 4.78 is 54.0. The standard InChI is InChI=1S/C33H37N5O7S/c1-5-10-30-34-22(3)31-33(39)35-32(36-38(30)31)26-20-25(14-16-27(26)44-6-2)46(40,41)37-24-13-15-28(29(19-24)42-4)45-18-17-43-21-23-11-8-7-9-12-23/h7-9,11-16,19-20,37H,5-6,10,17-18,21H2,1-4H3,(H,35,36,39). The number of nitrogens with zero attached hydrogens (tertiary/aromatic N) is 3. The summed E-state index contributed by atoms with van der Waals surface area (Å²) in [5.74, 6) is 1.97. The first kappa shape index (κ1) is 32.5. The molecule has 5 aromatic rings. The van der Waals surface area contributed by atoms with Gasteiger partial charge in [0.1, 0.15) is 18.2 Å². The van der Waals surface area contributed by atoms with Gasteiger partial charge in [-0.1, -0.05) is 37.3 Å². The number of nitrogens with one attached hydrogen (secondary N) is 2. The van der Waals surface area contributed by atoms with E-state index in [1.807, 2.05) is 44.2 Å². The average Bonchev–Trinajstić information content (AvgIpc) is 3.37. The van der Waals surface area contributed by atoms with Gasteiger partial charge >= 0.3 is 0 Å². The minimum atomic E-state index is -4.09. The van der Waals surface area contributed by atoms with Crippen molar-refractivity contribution in [2.45, 2.75) is 45.1 Å². The van der Waals surface area contributed by atoms with Gasteiger partial charge in [0.05, 0.1) is 48.8 Å². The van der Waals surface area contributed by atoms with Gasteiger partial charge in [-0.2, -0.15) is 0 Å². The summed E-state index contributed by atoms with van der Waals surface area (Å²) in [6.45, 7) is 7.01. The average molecular weight is 648 g/mol. The fourth-order valence-electron chi connectivity index (χ4n) is 4.92. The molecule has 0 bridgehead atoms. The number of ether oxygens (including phenoxy) is 4. The van der Waals surface area contributed by atoms with Gasteiger partial charge in [-0.3, -0.25) is 9.52 Å². The van der Waals surface area contributed by atoms with Crippen LogP contribution < -0.4 is 24.5 Å². The van der Waals surface area contributed by atoms with Gasteiger partial charge in [0.15, 0.2) is 22.8 Å². The number of anilines is 1. The van der Waals surface area contributed by atoms with Crippen LogP contribution in [0, 0.1) is 6.92 Å². The number of hydrogen-bond donors (Lipinski definition) is 2. The topological polar surface area (TPSA) is 146 Å². The molecule has 13 heteroatoms. The van der Waals surface area contributed by atoms with Crippen molar-refractivity contribution >= 4 is 21.2 Å². The number of aromatic nitrogens is 4. The molecule has 46 heavy (non-hydrogen) atoms. The molecule has 0 radical (unpaired) electrons. The Balaban J connectivity index is 1.36. The van der Waals surface area contributed by atoms with E-state index < -0.39 is 10.0 Å². The maximum absolute atomic E-state index is 13.6. The van der Waals surface area contributed by atoms with Crippen molar-refractivity contribution in [1.29, 1.82) is 0 Å². The third kappa shape index (κ3) is 7.32. The third-order valence-corrected chi connectivity index (χ3v) is 8.42. The fraction of sp³-hybridized carbons (Fsp3) is 0.303. The summed E-state index contributed by atoms with van der Waals surface area (Å²) in [6.07, 6.45) is 1.43. The second-order valence-electron chi connectivity index (χ2n) is 10.4. The largest absolute Gasteiger partial charge is 0.493 e. The van der Waals surface area contributed by atoms with Gasteiger partial charge in [0, 0.05) is 12.5 Å². The van der Waals surface area contributed by atoms with Gasteiger partial charge in [0.25, 0.3) is 15.6 Å². The highest BCUT2D eigenvalue weighted by molar-refractivity contribution is 7.92. The van der Waals surface area contributed by atoms with E-state index in [4.69, 9.17) is 18.9 Å². The number of aromatic amines is 1. The Morgan fingerprint density at radius 3 is 2.46 bits per heavy atom. The van der Waals surface area contributed by atoms with Crippen molar-refractivity contribution in [3.05, 3.63) is 94.2 Å². The van der Waals surface area contributed by atoms with Crippen LogP contribution in [0.4, 0.5) is 5.69 Å². The maximum atomic E-state index is 13.6. The van der Waals surface area contributed by atoms with E-state index in [1.54, 1.807) is 25.1 Å². The monoisotopic (exact) mass is 647 g/mol. The number of H-pyrrole nitrogens is 1. The Morgan fingerprint density at radius 2 is 1.72 bits per heavy atom. The molecule has 0 spiro atoms. The molecule has 2 N–H and O–H groups in total. The molecule has 3 aromatic carbocycles. The van der Waals surface area contributed by atoms with Crippen LogP contribution in [-0.2, 0) is 27.8 Å². The van der Waals surface area contributed by atoms with E-state index in [2.05, 4.69) is 19.8 Å². The summed E-state index contributed by atoms with van der Waals surface area (Å²) >= 11 is 0. The normalized spacial score (nSPS) is 11.5. The summed E-state index contributed by atoms with van der Waals surface area (Å²) in [5.41, 5.74) is 2.17. The van der Waals surface area contributed by atoms with E-state index in [0.29, 0.717) is 66.1 Å². The molecule has 0 aliphatic heterocycles. The van der Waals surface area contributed by atoms with E-state index in [-0.39, 0.29) is 28.6 Å². The molecule has 0 aliphatic rings. The van der Waals surface area contributed by atoms with Crippen LogP contribution in [0.25, 0.3) is 16.9 Å². The van der Waals surface area contributed by atoms with Gasteiger partial charge < -0.3 is 23.9 Å². The second kappa shape index (κ2) is 14.5. The van der Waals surface area contributed by atoms with Crippen molar-refractivity contribution < 1.29 is 27.4 Å². The molecule has 5 rings (SSSR count). The zero-order valence-electron chi connectivity index (χ0n) is 26.2. The second-order valence-corrected chi connectivity index (χ2v) is 12.1. The van der Waals surface area contributed by atoms with Crippen molar-refractivity contribution in [1.82, 2.24) is 19.6 Å².